The number of nitrogens with one attached hydrogen (secondary N) is 1. The van der Waals surface area contributed by atoms with Crippen LogP contribution in [0.4, 0.5) is 0 Å². The second-order valence-corrected chi connectivity index (χ2v) is 11.5. The molecule has 0 amide bonds. The van der Waals surface area contributed by atoms with Gasteiger partial charge in [-0.2, -0.15) is 0 Å². The Bertz CT molecular complexity index is 549. The third-order valence-corrected chi connectivity index (χ3v) is 8.23. The molecule has 0 saturated carbocycles. The van der Waals surface area contributed by atoms with Crippen molar-refractivity contribution < 1.29 is 4.57 Å². The lowest BCUT2D eigenvalue weighted by atomic mass is 9.96. The Kier molecular flexibility index (Phi) is 21.7. The van der Waals surface area contributed by atoms with E-state index < -0.39 is 0 Å². The summed E-state index contributed by atoms with van der Waals surface area (Å²) in [5.41, 5.74) is 0. The Hall–Kier alpha value is -0.790. The van der Waals surface area contributed by atoms with Crippen LogP contribution < -0.4 is 4.57 Å². The van der Waals surface area contributed by atoms with Crippen LogP contribution in [0.15, 0.2) is 12.4 Å². The first-order chi connectivity index (χ1) is 17.2. The maximum absolute atomic E-state index is 3.63. The highest BCUT2D eigenvalue weighted by atomic mass is 15.1. The number of imidazole rings is 1. The van der Waals surface area contributed by atoms with Crippen molar-refractivity contribution in [1.82, 2.24) is 4.98 Å². The summed E-state index contributed by atoms with van der Waals surface area (Å²) in [6.07, 6.45) is 38.4. The first-order valence-electron chi connectivity index (χ1n) is 16.3. The molecule has 0 aromatic carbocycles. The van der Waals surface area contributed by atoms with Crippen LogP contribution in [0.25, 0.3) is 0 Å². The predicted octanol–water partition coefficient (Wildman–Crippen LogP) is 11.4. The number of aromatic nitrogens is 2. The number of H-pyrrole nitrogens is 1. The minimum atomic E-state index is 0.622. The SMILES string of the molecule is CCCCCCCCCCCCCC(C)[n+]1cc[nH]c1C(CC)CCCCCCCCCCCC. The van der Waals surface area contributed by atoms with Crippen LogP contribution in [0, 0.1) is 0 Å². The van der Waals surface area contributed by atoms with Crippen molar-refractivity contribution in [3.8, 4) is 0 Å². The second-order valence-electron chi connectivity index (χ2n) is 11.5. The fraction of sp³-hybridized carbons (Fsp3) is 0.909. The van der Waals surface area contributed by atoms with E-state index in [1.807, 2.05) is 0 Å². The zero-order valence-corrected chi connectivity index (χ0v) is 24.7. The van der Waals surface area contributed by atoms with E-state index in [1.54, 1.807) is 0 Å². The van der Waals surface area contributed by atoms with Crippen molar-refractivity contribution in [3.05, 3.63) is 18.2 Å². The summed E-state index contributed by atoms with van der Waals surface area (Å²) >= 11 is 0. The lowest BCUT2D eigenvalue weighted by Gasteiger charge is -2.16. The van der Waals surface area contributed by atoms with E-state index in [0.717, 1.165) is 0 Å². The van der Waals surface area contributed by atoms with Crippen LogP contribution in [-0.2, 0) is 0 Å². The van der Waals surface area contributed by atoms with Crippen molar-refractivity contribution >= 4 is 0 Å². The molecule has 2 heteroatoms. The Morgan fingerprint density at radius 2 is 0.971 bits per heavy atom. The summed E-state index contributed by atoms with van der Waals surface area (Å²) in [4.78, 5) is 3.63. The third kappa shape index (κ3) is 16.6. The largest absolute Gasteiger partial charge is 0.257 e. The molecule has 0 saturated heterocycles. The highest BCUT2D eigenvalue weighted by Crippen LogP contribution is 2.24. The highest BCUT2D eigenvalue weighted by molar-refractivity contribution is 4.89. The first kappa shape index (κ1) is 32.2. The summed E-state index contributed by atoms with van der Waals surface area (Å²) in [7, 11) is 0. The summed E-state index contributed by atoms with van der Waals surface area (Å²) in [6.45, 7) is 9.41. The lowest BCUT2D eigenvalue weighted by molar-refractivity contribution is -0.727. The van der Waals surface area contributed by atoms with Crippen molar-refractivity contribution in [2.45, 2.75) is 194 Å². The van der Waals surface area contributed by atoms with Crippen molar-refractivity contribution in [2.24, 2.45) is 0 Å². The number of aromatic amines is 1. The van der Waals surface area contributed by atoms with Crippen LogP contribution in [0.3, 0.4) is 0 Å². The molecule has 0 spiro atoms. The topological polar surface area (TPSA) is 19.7 Å². The van der Waals surface area contributed by atoms with Gasteiger partial charge in [-0.1, -0.05) is 149 Å². The van der Waals surface area contributed by atoms with E-state index >= 15 is 0 Å². The van der Waals surface area contributed by atoms with Gasteiger partial charge in [-0.3, -0.25) is 0 Å². The van der Waals surface area contributed by atoms with E-state index in [-0.39, 0.29) is 0 Å². The minimum Gasteiger partial charge on any atom is -0.247 e. The highest BCUT2D eigenvalue weighted by Gasteiger charge is 2.24. The standard InChI is InChI=1S/C33H64N2/c1-5-8-10-12-14-16-18-19-21-23-25-27-31(4)35-30-29-34-33(35)32(7-3)28-26-24-22-20-17-15-13-11-9-6-2/h29-32H,5-28H2,1-4H3/p+1. The van der Waals surface area contributed by atoms with E-state index in [0.29, 0.717) is 12.0 Å². The molecule has 0 aliphatic carbocycles. The van der Waals surface area contributed by atoms with Gasteiger partial charge in [0, 0.05) is 0 Å². The van der Waals surface area contributed by atoms with Gasteiger partial charge < -0.3 is 0 Å². The summed E-state index contributed by atoms with van der Waals surface area (Å²) in [5.74, 6) is 2.18. The summed E-state index contributed by atoms with van der Waals surface area (Å²) < 4.78 is 2.57. The maximum Gasteiger partial charge on any atom is 0.257 e. The van der Waals surface area contributed by atoms with E-state index in [4.69, 9.17) is 0 Å². The van der Waals surface area contributed by atoms with Crippen LogP contribution in [-0.4, -0.2) is 4.98 Å². The summed E-state index contributed by atoms with van der Waals surface area (Å²) in [5, 5.41) is 0. The molecule has 0 fully saturated rings. The molecule has 2 atom stereocenters. The Morgan fingerprint density at radius 1 is 0.571 bits per heavy atom. The monoisotopic (exact) mass is 490 g/mol. The van der Waals surface area contributed by atoms with Gasteiger partial charge in [0.05, 0.1) is 12.0 Å². The fourth-order valence-corrected chi connectivity index (χ4v) is 5.73. The Morgan fingerprint density at radius 3 is 1.40 bits per heavy atom. The van der Waals surface area contributed by atoms with Crippen molar-refractivity contribution in [1.29, 1.82) is 0 Å². The first-order valence-corrected chi connectivity index (χ1v) is 16.3. The van der Waals surface area contributed by atoms with Gasteiger partial charge in [0.1, 0.15) is 12.4 Å². The number of unbranched alkanes of at least 4 members (excludes halogenated alkanes) is 19. The van der Waals surface area contributed by atoms with Crippen LogP contribution in [0.5, 0.6) is 0 Å². The number of hydrogen-bond donors (Lipinski definition) is 1. The molecule has 0 aliphatic heterocycles. The smallest absolute Gasteiger partial charge is 0.247 e. The molecule has 0 bridgehead atoms. The van der Waals surface area contributed by atoms with Gasteiger partial charge in [0.2, 0.25) is 0 Å². The normalized spacial score (nSPS) is 13.4. The fourth-order valence-electron chi connectivity index (χ4n) is 5.73. The molecule has 1 aromatic rings. The zero-order valence-electron chi connectivity index (χ0n) is 24.7. The van der Waals surface area contributed by atoms with Crippen molar-refractivity contribution in [2.75, 3.05) is 0 Å². The van der Waals surface area contributed by atoms with Gasteiger partial charge in [0.25, 0.3) is 5.82 Å². The van der Waals surface area contributed by atoms with Crippen LogP contribution in [0.2, 0.25) is 0 Å². The minimum absolute atomic E-state index is 0.622. The Labute approximate surface area is 221 Å². The zero-order chi connectivity index (χ0) is 25.4. The second kappa shape index (κ2) is 23.6. The average Bonchev–Trinajstić information content (AvgIpc) is 3.36. The van der Waals surface area contributed by atoms with Gasteiger partial charge in [-0.15, -0.1) is 0 Å². The van der Waals surface area contributed by atoms with Gasteiger partial charge in [0.15, 0.2) is 0 Å². The number of hydrogen-bond acceptors (Lipinski definition) is 0. The van der Waals surface area contributed by atoms with E-state index in [2.05, 4.69) is 49.6 Å². The average molecular weight is 490 g/mol. The van der Waals surface area contributed by atoms with Gasteiger partial charge in [-0.25, -0.2) is 9.55 Å². The molecule has 2 unspecified atom stereocenters. The quantitative estimate of drug-likeness (QED) is 0.0985. The molecule has 0 radical (unpaired) electrons. The third-order valence-electron chi connectivity index (χ3n) is 8.23. The number of rotatable bonds is 26. The molecule has 1 rings (SSSR count). The molecule has 1 heterocycles. The summed E-state index contributed by atoms with van der Waals surface area (Å²) in [6, 6.07) is 0.622. The molecular formula is C33H65N2+. The molecule has 35 heavy (non-hydrogen) atoms. The molecule has 1 aromatic heterocycles. The van der Waals surface area contributed by atoms with Gasteiger partial charge >= 0.3 is 0 Å². The molecular weight excluding hydrogens is 424 g/mol. The van der Waals surface area contributed by atoms with E-state index in [9.17, 15) is 0 Å². The van der Waals surface area contributed by atoms with Crippen LogP contribution >= 0.6 is 0 Å². The maximum atomic E-state index is 3.63. The van der Waals surface area contributed by atoms with E-state index in [1.165, 1.54) is 160 Å². The van der Waals surface area contributed by atoms with Crippen molar-refractivity contribution in [3.63, 3.8) is 0 Å². The lowest BCUT2D eigenvalue weighted by Crippen LogP contribution is -2.41. The molecule has 0 aliphatic rings. The van der Waals surface area contributed by atoms with Crippen LogP contribution in [0.1, 0.15) is 200 Å². The molecule has 206 valence electrons. The molecule has 2 nitrogen and oxygen atoms in total. The Balaban J connectivity index is 2.15. The number of nitrogens with zero attached hydrogens (tertiary/aromatic N) is 1. The predicted molar refractivity (Wildman–Crippen MR) is 156 cm³/mol. The van der Waals surface area contributed by atoms with Gasteiger partial charge in [-0.05, 0) is 32.6 Å². The molecule has 1 N–H and O–H groups in total.